The quantitative estimate of drug-likeness (QED) is 0.699. The highest BCUT2D eigenvalue weighted by Crippen LogP contribution is 2.63. The lowest BCUT2D eigenvalue weighted by Crippen LogP contribution is -2.71. The van der Waals surface area contributed by atoms with Crippen molar-refractivity contribution in [3.8, 4) is 0 Å². The van der Waals surface area contributed by atoms with Gasteiger partial charge in [0.25, 0.3) is 0 Å². The third kappa shape index (κ3) is 3.26. The Labute approximate surface area is 155 Å². The first-order chi connectivity index (χ1) is 11.9. The molecule has 4 bridgehead atoms. The van der Waals surface area contributed by atoms with Crippen LogP contribution in [-0.4, -0.2) is 45.6 Å². The summed E-state index contributed by atoms with van der Waals surface area (Å²) < 4.78 is 11.1. The van der Waals surface area contributed by atoms with Gasteiger partial charge in [-0.1, -0.05) is 13.8 Å². The predicted octanol–water partition coefficient (Wildman–Crippen LogP) is 2.34. The summed E-state index contributed by atoms with van der Waals surface area (Å²) in [6, 6.07) is 0. The van der Waals surface area contributed by atoms with Crippen LogP contribution in [0.2, 0.25) is 0 Å². The molecule has 4 rings (SSSR count). The van der Waals surface area contributed by atoms with Crippen LogP contribution in [0.5, 0.6) is 0 Å². The minimum atomic E-state index is -0.966. The summed E-state index contributed by atoms with van der Waals surface area (Å²) in [4.78, 5) is 24.4. The molecular formula is C20H32O6. The van der Waals surface area contributed by atoms with E-state index in [1.54, 1.807) is 0 Å². The van der Waals surface area contributed by atoms with Crippen LogP contribution >= 0.6 is 0 Å². The molecule has 148 valence electrons. The van der Waals surface area contributed by atoms with Gasteiger partial charge >= 0.3 is 11.9 Å². The molecule has 2 N–H and O–H groups in total. The number of aliphatic hydroxyl groups is 2. The van der Waals surface area contributed by atoms with Gasteiger partial charge in [-0.2, -0.15) is 0 Å². The van der Waals surface area contributed by atoms with Crippen LogP contribution in [0.1, 0.15) is 72.6 Å². The summed E-state index contributed by atoms with van der Waals surface area (Å²) in [5, 5.41) is 21.8. The van der Waals surface area contributed by atoms with E-state index in [2.05, 4.69) is 0 Å². The van der Waals surface area contributed by atoms with E-state index in [4.69, 9.17) is 9.47 Å². The number of carbonyl (C=O) groups excluding carboxylic acids is 2. The molecule has 26 heavy (non-hydrogen) atoms. The predicted molar refractivity (Wildman–Crippen MR) is 94.1 cm³/mol. The minimum Gasteiger partial charge on any atom is -0.465 e. The van der Waals surface area contributed by atoms with Crippen molar-refractivity contribution in [1.82, 2.24) is 0 Å². The van der Waals surface area contributed by atoms with E-state index in [1.165, 1.54) is 0 Å². The molecule has 0 aromatic rings. The summed E-state index contributed by atoms with van der Waals surface area (Å²) in [5.41, 5.74) is -3.29. The van der Waals surface area contributed by atoms with E-state index in [1.807, 2.05) is 27.7 Å². The lowest BCUT2D eigenvalue weighted by molar-refractivity contribution is -0.290. The van der Waals surface area contributed by atoms with Gasteiger partial charge in [0, 0.05) is 18.8 Å². The van der Waals surface area contributed by atoms with Crippen LogP contribution in [0.25, 0.3) is 0 Å². The third-order valence-corrected chi connectivity index (χ3v) is 7.10. The smallest absolute Gasteiger partial charge is 0.311 e. The van der Waals surface area contributed by atoms with Crippen molar-refractivity contribution >= 4 is 11.9 Å². The van der Waals surface area contributed by atoms with Gasteiger partial charge in [-0.05, 0) is 45.4 Å². The van der Waals surface area contributed by atoms with Gasteiger partial charge in [-0.15, -0.1) is 0 Å². The lowest BCUT2D eigenvalue weighted by Gasteiger charge is -2.65. The summed E-state index contributed by atoms with van der Waals surface area (Å²) >= 11 is 0. The van der Waals surface area contributed by atoms with Gasteiger partial charge in [-0.25, -0.2) is 0 Å². The zero-order valence-electron chi connectivity index (χ0n) is 16.3. The highest BCUT2D eigenvalue weighted by atomic mass is 16.6. The molecule has 4 aliphatic carbocycles. The van der Waals surface area contributed by atoms with Crippen molar-refractivity contribution in [3.05, 3.63) is 0 Å². The monoisotopic (exact) mass is 368 g/mol. The van der Waals surface area contributed by atoms with E-state index in [0.717, 1.165) is 0 Å². The molecular weight excluding hydrogens is 336 g/mol. The first-order valence-corrected chi connectivity index (χ1v) is 9.78. The van der Waals surface area contributed by atoms with E-state index in [0.29, 0.717) is 38.5 Å². The number of ether oxygens (including phenoxy) is 2. The van der Waals surface area contributed by atoms with E-state index in [9.17, 15) is 19.8 Å². The van der Waals surface area contributed by atoms with Crippen LogP contribution in [-0.2, 0) is 19.1 Å². The second-order valence-electron chi connectivity index (χ2n) is 9.54. The van der Waals surface area contributed by atoms with Crippen molar-refractivity contribution < 1.29 is 29.3 Å². The average molecular weight is 368 g/mol. The number of rotatable bonds is 6. The molecule has 6 nitrogen and oxygen atoms in total. The van der Waals surface area contributed by atoms with Crippen LogP contribution in [0, 0.1) is 17.3 Å². The molecule has 4 saturated carbocycles. The largest absolute Gasteiger partial charge is 0.465 e. The molecule has 0 aromatic heterocycles. The topological polar surface area (TPSA) is 93.1 Å². The highest BCUT2D eigenvalue weighted by molar-refractivity contribution is 5.76. The SMILES string of the molecule is CCC(C)(C)C(=O)OCCC(=O)OC12CC3CC(O)(CC(O)(C3)C1C)C2. The van der Waals surface area contributed by atoms with Crippen molar-refractivity contribution in [2.24, 2.45) is 17.3 Å². The normalized spacial score (nSPS) is 41.2. The Morgan fingerprint density at radius 3 is 2.46 bits per heavy atom. The van der Waals surface area contributed by atoms with Gasteiger partial charge in [0.05, 0.1) is 23.0 Å². The Bertz CT molecular complexity index is 601. The lowest BCUT2D eigenvalue weighted by atomic mass is 9.46. The molecule has 6 heteroatoms. The second kappa shape index (κ2) is 6.20. The van der Waals surface area contributed by atoms with Crippen molar-refractivity contribution in [3.63, 3.8) is 0 Å². The standard InChI is InChI=1S/C20H32O6/c1-5-17(3,4)16(22)25-7-6-15(21)26-20-10-14-8-18(23,12-20)11-19(24,9-14)13(20)2/h13-14,23-24H,5-12H2,1-4H3. The Morgan fingerprint density at radius 1 is 1.15 bits per heavy atom. The Kier molecular flexibility index (Phi) is 4.67. The Balaban J connectivity index is 1.60. The van der Waals surface area contributed by atoms with E-state index < -0.39 is 28.2 Å². The maximum atomic E-state index is 12.4. The molecule has 0 amide bonds. The number of carbonyl (C=O) groups is 2. The van der Waals surface area contributed by atoms with Crippen molar-refractivity contribution in [1.29, 1.82) is 0 Å². The second-order valence-corrected chi connectivity index (χ2v) is 9.54. The molecule has 0 spiro atoms. The number of hydrogen-bond acceptors (Lipinski definition) is 6. The third-order valence-electron chi connectivity index (χ3n) is 7.10. The molecule has 0 radical (unpaired) electrons. The van der Waals surface area contributed by atoms with Crippen LogP contribution in [0.3, 0.4) is 0 Å². The Morgan fingerprint density at radius 2 is 1.85 bits per heavy atom. The minimum absolute atomic E-state index is 0.0104. The van der Waals surface area contributed by atoms with E-state index in [-0.39, 0.29) is 30.8 Å². The fraction of sp³-hybridized carbons (Fsp3) is 0.900. The van der Waals surface area contributed by atoms with Crippen LogP contribution in [0.15, 0.2) is 0 Å². The van der Waals surface area contributed by atoms with E-state index >= 15 is 0 Å². The molecule has 0 heterocycles. The van der Waals surface area contributed by atoms with Crippen molar-refractivity contribution in [2.45, 2.75) is 89.4 Å². The number of hydrogen-bond donors (Lipinski definition) is 2. The maximum Gasteiger partial charge on any atom is 0.311 e. The van der Waals surface area contributed by atoms with Gasteiger partial charge in [0.15, 0.2) is 0 Å². The van der Waals surface area contributed by atoms with Gasteiger partial charge in [0.2, 0.25) is 0 Å². The maximum absolute atomic E-state index is 12.4. The van der Waals surface area contributed by atoms with Gasteiger partial charge in [-0.3, -0.25) is 9.59 Å². The molecule has 4 aliphatic rings. The first-order valence-electron chi connectivity index (χ1n) is 9.78. The summed E-state index contributed by atoms with van der Waals surface area (Å²) in [7, 11) is 0. The molecule has 5 atom stereocenters. The summed E-state index contributed by atoms with van der Waals surface area (Å²) in [6.45, 7) is 7.44. The zero-order valence-corrected chi connectivity index (χ0v) is 16.3. The van der Waals surface area contributed by atoms with Gasteiger partial charge in [0.1, 0.15) is 12.2 Å². The van der Waals surface area contributed by atoms with Gasteiger partial charge < -0.3 is 19.7 Å². The molecule has 4 fully saturated rings. The molecule has 0 aromatic carbocycles. The zero-order chi connectivity index (χ0) is 19.4. The average Bonchev–Trinajstić information content (AvgIpc) is 2.50. The highest BCUT2D eigenvalue weighted by Gasteiger charge is 2.68. The fourth-order valence-electron chi connectivity index (χ4n) is 5.38. The molecule has 0 aliphatic heterocycles. The summed E-state index contributed by atoms with van der Waals surface area (Å²) in [6.07, 6.45) is 3.42. The molecule has 5 unspecified atom stereocenters. The van der Waals surface area contributed by atoms with Crippen molar-refractivity contribution in [2.75, 3.05) is 6.61 Å². The number of esters is 2. The van der Waals surface area contributed by atoms with Crippen LogP contribution < -0.4 is 0 Å². The first kappa shape index (κ1) is 19.6. The van der Waals surface area contributed by atoms with Crippen LogP contribution in [0.4, 0.5) is 0 Å². The fourth-order valence-corrected chi connectivity index (χ4v) is 5.38. The molecule has 0 saturated heterocycles. The Hall–Kier alpha value is -1.14. The summed E-state index contributed by atoms with van der Waals surface area (Å²) in [5.74, 6) is -0.787.